The van der Waals surface area contributed by atoms with Crippen molar-refractivity contribution in [3.05, 3.63) is 95.2 Å². The third kappa shape index (κ3) is 4.33. The van der Waals surface area contributed by atoms with Crippen LogP contribution in [0.15, 0.2) is 82.8 Å². The lowest BCUT2D eigenvalue weighted by Gasteiger charge is -2.22. The predicted octanol–water partition coefficient (Wildman–Crippen LogP) is 6.26. The molecule has 6 heteroatoms. The van der Waals surface area contributed by atoms with Crippen molar-refractivity contribution in [3.8, 4) is 5.75 Å². The lowest BCUT2D eigenvalue weighted by Crippen LogP contribution is -2.28. The normalized spacial score (nSPS) is 15.6. The second kappa shape index (κ2) is 9.39. The Kier molecular flexibility index (Phi) is 6.16. The number of carbonyl (C=O) groups is 1. The van der Waals surface area contributed by atoms with Crippen LogP contribution in [0.2, 0.25) is 0 Å². The maximum Gasteiger partial charge on any atom is 0.253 e. The Balaban J connectivity index is 1.42. The summed E-state index contributed by atoms with van der Waals surface area (Å²) >= 11 is 1.57. The number of aryl methyl sites for hydroxylation is 2. The van der Waals surface area contributed by atoms with Gasteiger partial charge in [-0.15, -0.1) is 11.8 Å². The zero-order valence-corrected chi connectivity index (χ0v) is 20.4. The van der Waals surface area contributed by atoms with Crippen molar-refractivity contribution in [1.29, 1.82) is 0 Å². The number of nitrogens with zero attached hydrogens (tertiary/aromatic N) is 2. The number of hydrazone groups is 1. The van der Waals surface area contributed by atoms with Gasteiger partial charge in [0.1, 0.15) is 5.75 Å². The maximum absolute atomic E-state index is 13.5. The number of benzene rings is 3. The number of fused-ring (bicyclic) bond motifs is 1. The summed E-state index contributed by atoms with van der Waals surface area (Å²) in [6.45, 7) is 4.12. The van der Waals surface area contributed by atoms with Gasteiger partial charge in [-0.1, -0.05) is 48.0 Å². The molecule has 34 heavy (non-hydrogen) atoms. The third-order valence-corrected chi connectivity index (χ3v) is 7.43. The third-order valence-electron chi connectivity index (χ3n) is 6.23. The summed E-state index contributed by atoms with van der Waals surface area (Å²) in [6, 6.07) is 24.3. The minimum Gasteiger partial charge on any atom is -0.497 e. The Morgan fingerprint density at radius 1 is 1.06 bits per heavy atom. The van der Waals surface area contributed by atoms with Gasteiger partial charge >= 0.3 is 0 Å². The first-order valence-corrected chi connectivity index (χ1v) is 12.3. The first kappa shape index (κ1) is 22.3. The zero-order valence-electron chi connectivity index (χ0n) is 19.5. The van der Waals surface area contributed by atoms with Crippen molar-refractivity contribution >= 4 is 34.3 Å². The fourth-order valence-corrected chi connectivity index (χ4v) is 5.38. The van der Waals surface area contributed by atoms with Crippen LogP contribution in [0.4, 0.5) is 0 Å². The molecule has 0 radical (unpaired) electrons. The largest absolute Gasteiger partial charge is 0.497 e. The van der Waals surface area contributed by atoms with Crippen LogP contribution < -0.4 is 4.74 Å². The van der Waals surface area contributed by atoms with Gasteiger partial charge in [-0.25, -0.2) is 5.01 Å². The van der Waals surface area contributed by atoms with E-state index in [1.807, 2.05) is 36.4 Å². The monoisotopic (exact) mass is 469 g/mol. The van der Waals surface area contributed by atoms with Gasteiger partial charge < -0.3 is 9.72 Å². The van der Waals surface area contributed by atoms with Gasteiger partial charge in [0, 0.05) is 27.9 Å². The van der Waals surface area contributed by atoms with Crippen LogP contribution in [0.3, 0.4) is 0 Å². The molecule has 0 saturated carbocycles. The smallest absolute Gasteiger partial charge is 0.253 e. The molecule has 1 aliphatic rings. The number of rotatable bonds is 6. The van der Waals surface area contributed by atoms with Crippen molar-refractivity contribution in [1.82, 2.24) is 9.99 Å². The number of para-hydroxylation sites is 1. The topological polar surface area (TPSA) is 57.7 Å². The second-order valence-corrected chi connectivity index (χ2v) is 9.54. The van der Waals surface area contributed by atoms with Gasteiger partial charge in [0.2, 0.25) is 0 Å². The summed E-state index contributed by atoms with van der Waals surface area (Å²) < 4.78 is 5.29. The molecular weight excluding hydrogens is 442 g/mol. The molecule has 1 N–H and O–H groups in total. The summed E-state index contributed by atoms with van der Waals surface area (Å²) in [5.41, 5.74) is 6.38. The molecule has 1 atom stereocenters. The summed E-state index contributed by atoms with van der Waals surface area (Å²) in [5.74, 6) is 1.13. The van der Waals surface area contributed by atoms with Gasteiger partial charge in [0.05, 0.1) is 24.6 Å². The van der Waals surface area contributed by atoms with Crippen LogP contribution in [-0.4, -0.2) is 34.5 Å². The molecule has 1 aliphatic heterocycles. The van der Waals surface area contributed by atoms with Crippen molar-refractivity contribution in [3.63, 3.8) is 0 Å². The molecule has 0 saturated heterocycles. The molecule has 172 valence electrons. The zero-order chi connectivity index (χ0) is 23.7. The number of aromatic amines is 1. The molecule has 0 aliphatic carbocycles. The van der Waals surface area contributed by atoms with E-state index in [-0.39, 0.29) is 11.9 Å². The predicted molar refractivity (Wildman–Crippen MR) is 139 cm³/mol. The van der Waals surface area contributed by atoms with E-state index in [0.717, 1.165) is 44.1 Å². The molecule has 1 aromatic heterocycles. The van der Waals surface area contributed by atoms with E-state index >= 15 is 0 Å². The van der Waals surface area contributed by atoms with Crippen molar-refractivity contribution in [2.45, 2.75) is 31.2 Å². The summed E-state index contributed by atoms with van der Waals surface area (Å²) in [5, 5.41) is 7.65. The summed E-state index contributed by atoms with van der Waals surface area (Å²) in [6.07, 6.45) is 0.678. The average molecular weight is 470 g/mol. The maximum atomic E-state index is 13.5. The lowest BCUT2D eigenvalue weighted by molar-refractivity contribution is -0.130. The van der Waals surface area contributed by atoms with E-state index in [2.05, 4.69) is 55.2 Å². The van der Waals surface area contributed by atoms with E-state index in [0.29, 0.717) is 12.2 Å². The number of methoxy groups -OCH3 is 1. The summed E-state index contributed by atoms with van der Waals surface area (Å²) in [7, 11) is 1.66. The quantitative estimate of drug-likeness (QED) is 0.339. The van der Waals surface area contributed by atoms with Crippen LogP contribution in [0.5, 0.6) is 5.75 Å². The van der Waals surface area contributed by atoms with E-state index in [1.165, 1.54) is 5.56 Å². The molecule has 1 amide bonds. The molecule has 5 rings (SSSR count). The van der Waals surface area contributed by atoms with Crippen molar-refractivity contribution < 1.29 is 9.53 Å². The highest BCUT2D eigenvalue weighted by Crippen LogP contribution is 2.36. The number of ether oxygens (including phenoxy) is 1. The van der Waals surface area contributed by atoms with Crippen LogP contribution in [0, 0.1) is 13.8 Å². The first-order valence-electron chi connectivity index (χ1n) is 11.3. The first-order chi connectivity index (χ1) is 16.5. The van der Waals surface area contributed by atoms with E-state index in [9.17, 15) is 4.79 Å². The molecule has 5 nitrogen and oxygen atoms in total. The molecule has 0 bridgehead atoms. The number of hydrogen-bond acceptors (Lipinski definition) is 4. The standard InChI is InChI=1S/C28H27N3O2S/c1-18-8-10-21(11-9-18)26-16-25(20-12-14-22(33-3)15-13-20)30-31(26)27(32)17-34-28-19(2)29-24-7-5-4-6-23(24)28/h4-15,26,29H,16-17H2,1-3H3. The average Bonchev–Trinajstić information content (AvgIpc) is 3.44. The second-order valence-electron chi connectivity index (χ2n) is 8.56. The fraction of sp³-hybridized carbons (Fsp3) is 0.214. The van der Waals surface area contributed by atoms with Crippen molar-refractivity contribution in [2.75, 3.05) is 12.9 Å². The number of thioether (sulfide) groups is 1. The van der Waals surface area contributed by atoms with E-state index < -0.39 is 0 Å². The lowest BCUT2D eigenvalue weighted by atomic mass is 9.97. The molecule has 0 spiro atoms. The SMILES string of the molecule is COc1ccc(C2=NN(C(=O)CSc3c(C)[nH]c4ccccc34)C(c3ccc(C)cc3)C2)cc1. The minimum atomic E-state index is -0.116. The molecule has 1 unspecified atom stereocenters. The molecule has 0 fully saturated rings. The number of nitrogens with one attached hydrogen (secondary N) is 1. The molecule has 2 heterocycles. The summed E-state index contributed by atoms with van der Waals surface area (Å²) in [4.78, 5) is 18.0. The van der Waals surface area contributed by atoms with E-state index in [4.69, 9.17) is 9.84 Å². The van der Waals surface area contributed by atoms with E-state index in [1.54, 1.807) is 23.9 Å². The Bertz CT molecular complexity index is 1360. The van der Waals surface area contributed by atoms with Crippen LogP contribution in [0.25, 0.3) is 10.9 Å². The highest BCUT2D eigenvalue weighted by molar-refractivity contribution is 8.00. The van der Waals surface area contributed by atoms with Gasteiger partial charge in [-0.05, 0) is 55.3 Å². The molecular formula is C28H27N3O2S. The highest BCUT2D eigenvalue weighted by Gasteiger charge is 2.33. The Hall–Kier alpha value is -3.51. The molecule has 3 aromatic carbocycles. The minimum absolute atomic E-state index is 0.00349. The van der Waals surface area contributed by atoms with Gasteiger partial charge in [0.15, 0.2) is 0 Å². The number of aromatic nitrogens is 1. The van der Waals surface area contributed by atoms with Gasteiger partial charge in [-0.2, -0.15) is 5.10 Å². The molecule has 4 aromatic rings. The fourth-order valence-electron chi connectivity index (χ4n) is 4.38. The van der Waals surface area contributed by atoms with Crippen LogP contribution >= 0.6 is 11.8 Å². The van der Waals surface area contributed by atoms with Crippen LogP contribution in [0.1, 0.15) is 34.8 Å². The Labute approximate surface area is 203 Å². The van der Waals surface area contributed by atoms with Gasteiger partial charge in [-0.3, -0.25) is 4.79 Å². The van der Waals surface area contributed by atoms with Gasteiger partial charge in [0.25, 0.3) is 5.91 Å². The number of amides is 1. The highest BCUT2D eigenvalue weighted by atomic mass is 32.2. The van der Waals surface area contributed by atoms with Crippen LogP contribution in [-0.2, 0) is 4.79 Å². The number of H-pyrrole nitrogens is 1. The number of carbonyl (C=O) groups excluding carboxylic acids is 1. The van der Waals surface area contributed by atoms with Crippen molar-refractivity contribution in [2.24, 2.45) is 5.10 Å². The Morgan fingerprint density at radius 2 is 1.79 bits per heavy atom. The number of hydrogen-bond donors (Lipinski definition) is 1. The Morgan fingerprint density at radius 3 is 2.53 bits per heavy atom.